The summed E-state index contributed by atoms with van der Waals surface area (Å²) in [6, 6.07) is 45.1. The van der Waals surface area contributed by atoms with Crippen LogP contribution in [0.1, 0.15) is 30.5 Å². The minimum Gasteiger partial charge on any atom is -0.456 e. The van der Waals surface area contributed by atoms with Gasteiger partial charge in [-0.2, -0.15) is 0 Å². The zero-order chi connectivity index (χ0) is 35.5. The van der Waals surface area contributed by atoms with E-state index < -0.39 is 0 Å². The quantitative estimate of drug-likeness (QED) is 0.192. The molecule has 2 aliphatic rings. The van der Waals surface area contributed by atoms with Crippen LogP contribution in [0.25, 0.3) is 77.2 Å². The molecule has 1 heteroatoms. The van der Waals surface area contributed by atoms with Crippen molar-refractivity contribution in [3.8, 4) is 67.1 Å². The van der Waals surface area contributed by atoms with Crippen LogP contribution >= 0.6 is 0 Å². The van der Waals surface area contributed by atoms with E-state index in [1.54, 1.807) is 0 Å². The number of ether oxygens (including phenoxy) is 1. The molecule has 1 aliphatic heterocycles. The maximum absolute atomic E-state index is 9.34. The number of rotatable bonds is 3. The summed E-state index contributed by atoms with van der Waals surface area (Å²) in [7, 11) is 0. The maximum Gasteiger partial charge on any atom is 0.135 e. The van der Waals surface area contributed by atoms with E-state index in [-0.39, 0.29) is 35.1 Å². The van der Waals surface area contributed by atoms with Crippen molar-refractivity contribution in [3.05, 3.63) is 169 Å². The molecule has 1 nitrogen and oxygen atoms in total. The minimum atomic E-state index is -0.297. The summed E-state index contributed by atoms with van der Waals surface area (Å²) >= 11 is 0. The topological polar surface area (TPSA) is 9.23 Å². The predicted molar refractivity (Wildman–Crippen MR) is 201 cm³/mol. The molecule has 0 fully saturated rings. The fourth-order valence-electron chi connectivity index (χ4n) is 7.83. The van der Waals surface area contributed by atoms with Crippen LogP contribution < -0.4 is 4.74 Å². The van der Waals surface area contributed by atoms with Gasteiger partial charge in [0, 0.05) is 16.4 Å². The Morgan fingerprint density at radius 1 is 0.438 bits per heavy atom. The van der Waals surface area contributed by atoms with E-state index in [0.29, 0.717) is 22.4 Å². The highest BCUT2D eigenvalue weighted by Crippen LogP contribution is 2.52. The van der Waals surface area contributed by atoms with Crippen LogP contribution in [0.15, 0.2) is 158 Å². The predicted octanol–water partition coefficient (Wildman–Crippen LogP) is 13.1. The Bertz CT molecular complexity index is 2810. The van der Waals surface area contributed by atoms with Crippen LogP contribution in [0.4, 0.5) is 0 Å². The van der Waals surface area contributed by atoms with E-state index in [1.807, 2.05) is 54.6 Å². The molecule has 226 valence electrons. The third-order valence-corrected chi connectivity index (χ3v) is 10.3. The van der Waals surface area contributed by atoms with Crippen molar-refractivity contribution in [1.82, 2.24) is 0 Å². The molecule has 0 radical (unpaired) electrons. The smallest absolute Gasteiger partial charge is 0.135 e. The molecule has 0 saturated carbocycles. The van der Waals surface area contributed by atoms with Crippen molar-refractivity contribution in [3.63, 3.8) is 0 Å². The van der Waals surface area contributed by atoms with Crippen molar-refractivity contribution in [2.75, 3.05) is 0 Å². The molecule has 0 amide bonds. The molecule has 0 aromatic heterocycles. The van der Waals surface area contributed by atoms with E-state index >= 15 is 0 Å². The van der Waals surface area contributed by atoms with Gasteiger partial charge in [0.1, 0.15) is 11.5 Å². The Labute approximate surface area is 286 Å². The van der Waals surface area contributed by atoms with Crippen molar-refractivity contribution in [2.45, 2.75) is 19.3 Å². The van der Waals surface area contributed by atoms with E-state index in [4.69, 9.17) is 4.74 Å². The van der Waals surface area contributed by atoms with Gasteiger partial charge >= 0.3 is 0 Å². The number of hydrogen-bond donors (Lipinski definition) is 0. The maximum atomic E-state index is 9.34. The third-order valence-electron chi connectivity index (χ3n) is 10.3. The van der Waals surface area contributed by atoms with Crippen LogP contribution in [0, 0.1) is 0 Å². The summed E-state index contributed by atoms with van der Waals surface area (Å²) in [4.78, 5) is 0. The molecule has 1 aliphatic carbocycles. The molecule has 10 rings (SSSR count). The van der Waals surface area contributed by atoms with E-state index in [2.05, 4.69) is 92.7 Å². The largest absolute Gasteiger partial charge is 0.456 e. The highest BCUT2D eigenvalue weighted by atomic mass is 16.5. The first-order valence-electron chi connectivity index (χ1n) is 18.4. The Balaban J connectivity index is 1.11. The van der Waals surface area contributed by atoms with Crippen molar-refractivity contribution >= 4 is 21.5 Å². The van der Waals surface area contributed by atoms with Crippen molar-refractivity contribution < 1.29 is 10.2 Å². The average molecular weight is 617 g/mol. The summed E-state index contributed by atoms with van der Waals surface area (Å²) in [6.45, 7) is 4.44. The summed E-state index contributed by atoms with van der Waals surface area (Å²) in [6.07, 6.45) is 0. The van der Waals surface area contributed by atoms with Crippen LogP contribution in [-0.2, 0) is 5.41 Å². The zero-order valence-corrected chi connectivity index (χ0v) is 26.6. The van der Waals surface area contributed by atoms with Gasteiger partial charge in [-0.25, -0.2) is 0 Å². The first kappa shape index (κ1) is 23.4. The summed E-state index contributed by atoms with van der Waals surface area (Å²) in [5, 5.41) is 4.11. The van der Waals surface area contributed by atoms with E-state index in [1.165, 1.54) is 21.9 Å². The summed E-state index contributed by atoms with van der Waals surface area (Å²) in [5.74, 6) is 1.48. The number of fused-ring (bicyclic) bond motifs is 6. The molecule has 0 spiro atoms. The number of hydrogen-bond acceptors (Lipinski definition) is 1. The van der Waals surface area contributed by atoms with Gasteiger partial charge in [0.25, 0.3) is 0 Å². The Morgan fingerprint density at radius 2 is 1.10 bits per heavy atom. The minimum absolute atomic E-state index is 0.0513. The zero-order valence-electron chi connectivity index (χ0n) is 30.6. The molecule has 0 N–H and O–H groups in total. The molecule has 0 saturated heterocycles. The molecule has 0 unspecified atom stereocenters. The van der Waals surface area contributed by atoms with Gasteiger partial charge in [0.2, 0.25) is 0 Å². The van der Waals surface area contributed by atoms with E-state index in [0.717, 1.165) is 49.9 Å². The fraction of sp³-hybridized carbons (Fsp3) is 0.0638. The van der Waals surface area contributed by atoms with Crippen LogP contribution in [0.5, 0.6) is 11.5 Å². The molecule has 0 atom stereocenters. The van der Waals surface area contributed by atoms with Gasteiger partial charge in [-0.05, 0) is 114 Å². The van der Waals surface area contributed by atoms with Gasteiger partial charge < -0.3 is 4.74 Å². The van der Waals surface area contributed by atoms with Gasteiger partial charge in [0.05, 0.1) is 5.48 Å². The van der Waals surface area contributed by atoms with E-state index in [9.17, 15) is 5.48 Å². The highest BCUT2D eigenvalue weighted by molar-refractivity contribution is 6.10. The highest BCUT2D eigenvalue weighted by Gasteiger charge is 2.36. The average Bonchev–Trinajstić information content (AvgIpc) is 3.39. The first-order chi connectivity index (χ1) is 25.2. The van der Waals surface area contributed by atoms with Gasteiger partial charge in [-0.1, -0.05) is 135 Å². The standard InChI is InChI=1S/C47H32O/c1-47(2)42-28-35(19-21-37(42)40-25-32-11-6-7-12-33(32)27-43(40)47)30-15-17-31(18-16-30)36-22-24-45-46-38(36)13-8-14-39(46)41-26-34(20-23-44(41)48-45)29-9-4-3-5-10-29/h3-28H,1-2H3/i15D,16D,17D,18D. The lowest BCUT2D eigenvalue weighted by atomic mass is 9.81. The monoisotopic (exact) mass is 616 g/mol. The normalized spacial score (nSPS) is 14.7. The Morgan fingerprint density at radius 3 is 1.94 bits per heavy atom. The lowest BCUT2D eigenvalue weighted by Crippen LogP contribution is -2.15. The molecular weight excluding hydrogens is 581 g/mol. The lowest BCUT2D eigenvalue weighted by Gasteiger charge is -2.23. The second-order valence-electron chi connectivity index (χ2n) is 13.4. The molecule has 1 heterocycles. The van der Waals surface area contributed by atoms with Crippen molar-refractivity contribution in [1.29, 1.82) is 0 Å². The molecule has 8 aromatic carbocycles. The van der Waals surface area contributed by atoms with Crippen molar-refractivity contribution in [2.24, 2.45) is 0 Å². The first-order valence-corrected chi connectivity index (χ1v) is 16.4. The summed E-state index contributed by atoms with van der Waals surface area (Å²) < 4.78 is 43.7. The molecule has 8 aromatic rings. The lowest BCUT2D eigenvalue weighted by molar-refractivity contribution is 0.487. The fourth-order valence-corrected chi connectivity index (χ4v) is 7.83. The van der Waals surface area contributed by atoms with Gasteiger partial charge in [-0.15, -0.1) is 0 Å². The molecular formula is C47H32O. The second kappa shape index (κ2) is 10.0. The SMILES string of the molecule is [2H]c1c([2H])c(-c2ccc3c4c(cccc24)-c2cc(-c4ccccc4)ccc2O3)c([2H])c([2H])c1-c1ccc2c(c1)C(C)(C)c1cc3ccccc3cc1-2. The second-order valence-corrected chi connectivity index (χ2v) is 13.4. The number of benzene rings is 8. The van der Waals surface area contributed by atoms with Gasteiger partial charge in [-0.3, -0.25) is 0 Å². The van der Waals surface area contributed by atoms with Crippen LogP contribution in [0.3, 0.4) is 0 Å². The van der Waals surface area contributed by atoms with Gasteiger partial charge in [0.15, 0.2) is 0 Å². The van der Waals surface area contributed by atoms with Crippen LogP contribution in [0.2, 0.25) is 0 Å². The third kappa shape index (κ3) is 3.98. The van der Waals surface area contributed by atoms with Crippen LogP contribution in [-0.4, -0.2) is 0 Å². The molecule has 48 heavy (non-hydrogen) atoms. The summed E-state index contributed by atoms with van der Waals surface area (Å²) in [5.41, 5.74) is 10.5. The Kier molecular flexibility index (Phi) is 4.90. The Hall–Kier alpha value is -5.92. The molecule has 0 bridgehead atoms.